The Hall–Kier alpha value is -3.50. The van der Waals surface area contributed by atoms with Crippen LogP contribution >= 0.6 is 0 Å². The largest absolute Gasteiger partial charge is 0.470 e. The van der Waals surface area contributed by atoms with Crippen molar-refractivity contribution in [2.75, 3.05) is 6.61 Å². The standard InChI is InChI=1S/C19H22N8O3/c1-4-28-16-9-14(24-30-16)17-22-21-15-8-13(19(2)6-5-7-19)18(23-27(15)17)29-11-12-10-26(3)25-20-12/h8-10H,4-7,11H2,1-3H3. The maximum atomic E-state index is 6.10. The minimum absolute atomic E-state index is 0.00852. The Morgan fingerprint density at radius 1 is 1.17 bits per heavy atom. The number of rotatable bonds is 7. The molecule has 0 aliphatic heterocycles. The smallest absolute Gasteiger partial charge is 0.311 e. The zero-order valence-corrected chi connectivity index (χ0v) is 17.1. The molecule has 0 aromatic carbocycles. The lowest BCUT2D eigenvalue weighted by Gasteiger charge is -2.39. The first kappa shape index (κ1) is 18.5. The summed E-state index contributed by atoms with van der Waals surface area (Å²) < 4.78 is 19.9. The van der Waals surface area contributed by atoms with Crippen LogP contribution in [0.5, 0.6) is 11.8 Å². The molecule has 0 radical (unpaired) electrons. The molecule has 0 unspecified atom stereocenters. The van der Waals surface area contributed by atoms with Gasteiger partial charge < -0.3 is 14.0 Å². The Labute approximate surface area is 172 Å². The Morgan fingerprint density at radius 2 is 2.03 bits per heavy atom. The Balaban J connectivity index is 1.55. The first-order valence-corrected chi connectivity index (χ1v) is 9.90. The molecule has 5 rings (SSSR count). The third-order valence-corrected chi connectivity index (χ3v) is 5.48. The monoisotopic (exact) mass is 410 g/mol. The molecule has 0 bridgehead atoms. The van der Waals surface area contributed by atoms with E-state index in [1.54, 1.807) is 15.3 Å². The van der Waals surface area contributed by atoms with E-state index >= 15 is 0 Å². The van der Waals surface area contributed by atoms with Crippen molar-refractivity contribution in [1.29, 1.82) is 0 Å². The van der Waals surface area contributed by atoms with Crippen molar-refractivity contribution in [1.82, 2.24) is 40.0 Å². The summed E-state index contributed by atoms with van der Waals surface area (Å²) >= 11 is 0. The van der Waals surface area contributed by atoms with E-state index in [9.17, 15) is 0 Å². The SMILES string of the molecule is CCOc1cc(-c2nnc3cc(C4(C)CCC4)c(OCc4cn(C)nn4)nn23)no1. The Bertz CT molecular complexity index is 1190. The van der Waals surface area contributed by atoms with Gasteiger partial charge in [-0.3, -0.25) is 4.68 Å². The van der Waals surface area contributed by atoms with Crippen LogP contribution in [-0.2, 0) is 19.1 Å². The molecule has 0 spiro atoms. The average molecular weight is 410 g/mol. The van der Waals surface area contributed by atoms with Gasteiger partial charge in [0, 0.05) is 12.6 Å². The van der Waals surface area contributed by atoms with Crippen molar-refractivity contribution >= 4 is 5.65 Å². The van der Waals surface area contributed by atoms with Crippen molar-refractivity contribution in [3.05, 3.63) is 29.6 Å². The van der Waals surface area contributed by atoms with E-state index in [4.69, 9.17) is 19.1 Å². The van der Waals surface area contributed by atoms with Crippen LogP contribution in [0.25, 0.3) is 17.2 Å². The van der Waals surface area contributed by atoms with Gasteiger partial charge in [-0.15, -0.1) is 20.4 Å². The first-order valence-electron chi connectivity index (χ1n) is 9.90. The predicted octanol–water partition coefficient (Wildman–Crippen LogP) is 2.33. The fraction of sp³-hybridized carbons (Fsp3) is 0.474. The number of ether oxygens (including phenoxy) is 2. The van der Waals surface area contributed by atoms with E-state index in [1.807, 2.05) is 26.2 Å². The highest BCUT2D eigenvalue weighted by Gasteiger charge is 2.37. The fourth-order valence-electron chi connectivity index (χ4n) is 3.67. The van der Waals surface area contributed by atoms with Crippen molar-refractivity contribution in [3.8, 4) is 23.3 Å². The van der Waals surface area contributed by atoms with Crippen molar-refractivity contribution < 1.29 is 14.0 Å². The van der Waals surface area contributed by atoms with Gasteiger partial charge in [0.25, 0.3) is 0 Å². The molecule has 11 nitrogen and oxygen atoms in total. The van der Waals surface area contributed by atoms with Crippen LogP contribution in [0, 0.1) is 0 Å². The maximum absolute atomic E-state index is 6.10. The average Bonchev–Trinajstić information content (AvgIpc) is 3.43. The van der Waals surface area contributed by atoms with E-state index in [1.165, 1.54) is 6.42 Å². The second-order valence-electron chi connectivity index (χ2n) is 7.71. The number of aryl methyl sites for hydroxylation is 1. The maximum Gasteiger partial charge on any atom is 0.311 e. The molecule has 1 fully saturated rings. The second kappa shape index (κ2) is 7.08. The molecule has 1 aliphatic carbocycles. The molecule has 1 saturated carbocycles. The second-order valence-corrected chi connectivity index (χ2v) is 7.71. The molecule has 0 N–H and O–H groups in total. The van der Waals surface area contributed by atoms with Crippen LogP contribution in [0.2, 0.25) is 0 Å². The van der Waals surface area contributed by atoms with E-state index in [-0.39, 0.29) is 12.0 Å². The predicted molar refractivity (Wildman–Crippen MR) is 104 cm³/mol. The minimum atomic E-state index is 0.00852. The molecule has 4 aromatic rings. The van der Waals surface area contributed by atoms with Gasteiger partial charge in [-0.25, -0.2) is 0 Å². The van der Waals surface area contributed by atoms with E-state index < -0.39 is 0 Å². The normalized spacial score (nSPS) is 15.3. The lowest BCUT2D eigenvalue weighted by Crippen LogP contribution is -2.31. The fourth-order valence-corrected chi connectivity index (χ4v) is 3.67. The van der Waals surface area contributed by atoms with Crippen LogP contribution in [0.1, 0.15) is 44.4 Å². The number of nitrogens with zero attached hydrogens (tertiary/aromatic N) is 8. The molecule has 4 aromatic heterocycles. The lowest BCUT2D eigenvalue weighted by molar-refractivity contribution is 0.225. The summed E-state index contributed by atoms with van der Waals surface area (Å²) in [6.45, 7) is 4.85. The van der Waals surface area contributed by atoms with E-state index in [2.05, 4.69) is 32.6 Å². The van der Waals surface area contributed by atoms with Gasteiger partial charge in [0.1, 0.15) is 12.3 Å². The van der Waals surface area contributed by atoms with E-state index in [0.717, 1.165) is 24.1 Å². The zero-order chi connectivity index (χ0) is 20.7. The van der Waals surface area contributed by atoms with Gasteiger partial charge in [0.2, 0.25) is 11.7 Å². The van der Waals surface area contributed by atoms with Crippen LogP contribution in [0.4, 0.5) is 0 Å². The van der Waals surface area contributed by atoms with Gasteiger partial charge in [-0.1, -0.05) is 23.7 Å². The van der Waals surface area contributed by atoms with Crippen LogP contribution in [-0.4, -0.2) is 46.6 Å². The van der Waals surface area contributed by atoms with Gasteiger partial charge in [-0.05, 0) is 31.2 Å². The summed E-state index contributed by atoms with van der Waals surface area (Å²) in [7, 11) is 1.82. The first-order chi connectivity index (χ1) is 14.6. The molecule has 0 atom stereocenters. The van der Waals surface area contributed by atoms with Gasteiger partial charge >= 0.3 is 5.95 Å². The number of hydrogen-bond donors (Lipinski definition) is 0. The highest BCUT2D eigenvalue weighted by molar-refractivity contribution is 5.57. The van der Waals surface area contributed by atoms with Crippen LogP contribution < -0.4 is 9.47 Å². The molecular weight excluding hydrogens is 388 g/mol. The molecule has 0 amide bonds. The summed E-state index contributed by atoms with van der Waals surface area (Å²) in [4.78, 5) is 0. The van der Waals surface area contributed by atoms with Gasteiger partial charge in [-0.2, -0.15) is 4.52 Å². The van der Waals surface area contributed by atoms with Crippen LogP contribution in [0.3, 0.4) is 0 Å². The summed E-state index contributed by atoms with van der Waals surface area (Å²) in [5, 5.41) is 25.3. The molecule has 11 heteroatoms. The Morgan fingerprint density at radius 3 is 2.73 bits per heavy atom. The minimum Gasteiger partial charge on any atom is -0.470 e. The highest BCUT2D eigenvalue weighted by Crippen LogP contribution is 2.46. The quantitative estimate of drug-likeness (QED) is 0.452. The number of aromatic nitrogens is 8. The zero-order valence-electron chi connectivity index (χ0n) is 17.1. The number of fused-ring (bicyclic) bond motifs is 1. The van der Waals surface area contributed by atoms with Crippen molar-refractivity contribution in [3.63, 3.8) is 0 Å². The highest BCUT2D eigenvalue weighted by atomic mass is 16.6. The summed E-state index contributed by atoms with van der Waals surface area (Å²) in [6, 6.07) is 3.67. The summed E-state index contributed by atoms with van der Waals surface area (Å²) in [5.41, 5.74) is 2.88. The third kappa shape index (κ3) is 3.15. The molecule has 1 aliphatic rings. The molecule has 4 heterocycles. The third-order valence-electron chi connectivity index (χ3n) is 5.48. The molecule has 156 valence electrons. The molecule has 30 heavy (non-hydrogen) atoms. The van der Waals surface area contributed by atoms with Gasteiger partial charge in [0.15, 0.2) is 11.3 Å². The van der Waals surface area contributed by atoms with Crippen molar-refractivity contribution in [2.24, 2.45) is 7.05 Å². The number of hydrogen-bond acceptors (Lipinski definition) is 9. The van der Waals surface area contributed by atoms with Crippen molar-refractivity contribution in [2.45, 2.75) is 45.1 Å². The van der Waals surface area contributed by atoms with E-state index in [0.29, 0.717) is 35.6 Å². The van der Waals surface area contributed by atoms with Crippen LogP contribution in [0.15, 0.2) is 22.9 Å². The summed E-state index contributed by atoms with van der Waals surface area (Å²) in [5.74, 6) is 1.31. The van der Waals surface area contributed by atoms with Gasteiger partial charge in [0.05, 0.1) is 18.9 Å². The summed E-state index contributed by atoms with van der Waals surface area (Å²) in [6.07, 6.45) is 5.16. The molecular formula is C19H22N8O3. The Kier molecular flexibility index (Phi) is 4.37. The lowest BCUT2D eigenvalue weighted by atomic mass is 9.66. The topological polar surface area (TPSA) is 118 Å². The molecule has 0 saturated heterocycles.